The smallest absolute Gasteiger partial charge is 0.318 e. The molecule has 1 aromatic carbocycles. The highest BCUT2D eigenvalue weighted by molar-refractivity contribution is 6.30. The fourth-order valence-electron chi connectivity index (χ4n) is 4.13. The van der Waals surface area contributed by atoms with Crippen LogP contribution in [0.5, 0.6) is 0 Å². The van der Waals surface area contributed by atoms with Gasteiger partial charge in [0.15, 0.2) is 0 Å². The minimum atomic E-state index is -0.587. The molecule has 2 heterocycles. The summed E-state index contributed by atoms with van der Waals surface area (Å²) in [7, 11) is 1.39. The van der Waals surface area contributed by atoms with E-state index in [4.69, 9.17) is 16.3 Å². The summed E-state index contributed by atoms with van der Waals surface area (Å²) >= 11 is 6.07. The lowest BCUT2D eigenvalue weighted by atomic mass is 9.93. The van der Waals surface area contributed by atoms with Crippen LogP contribution in [0, 0.1) is 5.92 Å². The fraction of sp³-hybridized carbons (Fsp3) is 0.591. The van der Waals surface area contributed by atoms with Gasteiger partial charge in [-0.15, -0.1) is 0 Å². The summed E-state index contributed by atoms with van der Waals surface area (Å²) < 4.78 is 4.72. The molecule has 1 N–H and O–H groups in total. The number of anilines is 1. The van der Waals surface area contributed by atoms with Crippen molar-refractivity contribution in [1.29, 1.82) is 0 Å². The van der Waals surface area contributed by atoms with Gasteiger partial charge in [-0.1, -0.05) is 17.7 Å². The van der Waals surface area contributed by atoms with Crippen LogP contribution < -0.4 is 10.2 Å². The lowest BCUT2D eigenvalue weighted by Crippen LogP contribution is -2.56. The van der Waals surface area contributed by atoms with Crippen molar-refractivity contribution in [3.05, 3.63) is 29.3 Å². The molecule has 0 spiro atoms. The summed E-state index contributed by atoms with van der Waals surface area (Å²) in [5.74, 6) is -0.0412. The quantitative estimate of drug-likeness (QED) is 0.696. The molecule has 2 aliphatic rings. The standard InChI is InChI=1S/C22H31ClN4O4/c1-16(21(29)26-8-6-17(7-9-26)14-20(28)31-2)24-22(30)27-12-10-25(11-13-27)19-5-3-4-18(23)15-19/h3-5,15-17H,6-14H2,1-2H3,(H,24,30)/t16-/m1/s1. The van der Waals surface area contributed by atoms with Gasteiger partial charge in [-0.2, -0.15) is 0 Å². The summed E-state index contributed by atoms with van der Waals surface area (Å²) in [6.07, 6.45) is 1.94. The average Bonchev–Trinajstić information content (AvgIpc) is 2.79. The Hall–Kier alpha value is -2.48. The number of piperazine rings is 1. The molecule has 2 fully saturated rings. The van der Waals surface area contributed by atoms with Crippen molar-refractivity contribution >= 4 is 35.2 Å². The lowest BCUT2D eigenvalue weighted by Gasteiger charge is -2.37. The van der Waals surface area contributed by atoms with Crippen molar-refractivity contribution in [2.24, 2.45) is 5.92 Å². The highest BCUT2D eigenvalue weighted by atomic mass is 35.5. The summed E-state index contributed by atoms with van der Waals surface area (Å²) in [6.45, 7) is 5.50. The maximum Gasteiger partial charge on any atom is 0.318 e. The van der Waals surface area contributed by atoms with E-state index in [1.54, 1.807) is 16.7 Å². The zero-order chi connectivity index (χ0) is 22.4. The zero-order valence-electron chi connectivity index (χ0n) is 18.2. The Morgan fingerprint density at radius 1 is 1.10 bits per heavy atom. The molecule has 2 aliphatic heterocycles. The van der Waals surface area contributed by atoms with Crippen molar-refractivity contribution in [3.8, 4) is 0 Å². The molecule has 1 aromatic rings. The van der Waals surface area contributed by atoms with Gasteiger partial charge in [0.05, 0.1) is 7.11 Å². The van der Waals surface area contributed by atoms with E-state index in [2.05, 4.69) is 10.2 Å². The number of methoxy groups -OCH3 is 1. The first-order chi connectivity index (χ1) is 14.9. The van der Waals surface area contributed by atoms with Gasteiger partial charge in [-0.05, 0) is 43.9 Å². The Kier molecular flexibility index (Phi) is 8.01. The molecule has 0 bridgehead atoms. The Morgan fingerprint density at radius 3 is 2.39 bits per heavy atom. The third-order valence-corrected chi connectivity index (χ3v) is 6.29. The Morgan fingerprint density at radius 2 is 1.77 bits per heavy atom. The number of amides is 3. The van der Waals surface area contributed by atoms with E-state index in [1.165, 1.54) is 7.11 Å². The lowest BCUT2D eigenvalue weighted by molar-refractivity contribution is -0.142. The number of halogens is 1. The molecular weight excluding hydrogens is 420 g/mol. The summed E-state index contributed by atoms with van der Waals surface area (Å²) in [6, 6.07) is 6.89. The normalized spacial score (nSPS) is 18.5. The number of carbonyl (C=O) groups excluding carboxylic acids is 3. The molecule has 0 aliphatic carbocycles. The minimum absolute atomic E-state index is 0.0811. The number of piperidine rings is 1. The largest absolute Gasteiger partial charge is 0.469 e. The number of carbonyl (C=O) groups is 3. The summed E-state index contributed by atoms with van der Waals surface area (Å²) in [5.41, 5.74) is 1.05. The maximum atomic E-state index is 12.8. The SMILES string of the molecule is COC(=O)CC1CCN(C(=O)[C@@H](C)NC(=O)N2CCN(c3cccc(Cl)c3)CC2)CC1. The second kappa shape index (κ2) is 10.7. The molecule has 31 heavy (non-hydrogen) atoms. The molecule has 0 saturated carbocycles. The molecule has 0 radical (unpaired) electrons. The number of urea groups is 1. The molecule has 8 nitrogen and oxygen atoms in total. The van der Waals surface area contributed by atoms with Crippen LogP contribution in [-0.4, -0.2) is 80.1 Å². The van der Waals surface area contributed by atoms with Crippen molar-refractivity contribution in [2.45, 2.75) is 32.2 Å². The van der Waals surface area contributed by atoms with Crippen molar-refractivity contribution < 1.29 is 19.1 Å². The van der Waals surface area contributed by atoms with Gasteiger partial charge in [-0.25, -0.2) is 4.79 Å². The zero-order valence-corrected chi connectivity index (χ0v) is 18.9. The van der Waals surface area contributed by atoms with Crippen LogP contribution in [0.15, 0.2) is 24.3 Å². The van der Waals surface area contributed by atoms with Crippen LogP contribution in [0.2, 0.25) is 5.02 Å². The molecule has 3 amide bonds. The van der Waals surface area contributed by atoms with Gasteiger partial charge >= 0.3 is 12.0 Å². The Bertz CT molecular complexity index is 789. The van der Waals surface area contributed by atoms with Crippen molar-refractivity contribution in [2.75, 3.05) is 51.3 Å². The van der Waals surface area contributed by atoms with Gasteiger partial charge in [0.1, 0.15) is 6.04 Å². The number of nitrogens with one attached hydrogen (secondary N) is 1. The molecule has 3 rings (SSSR count). The number of hydrogen-bond donors (Lipinski definition) is 1. The van der Waals surface area contributed by atoms with E-state index in [-0.39, 0.29) is 23.8 Å². The first-order valence-electron chi connectivity index (χ1n) is 10.8. The third-order valence-electron chi connectivity index (χ3n) is 6.06. The minimum Gasteiger partial charge on any atom is -0.469 e. The first-order valence-corrected chi connectivity index (χ1v) is 11.2. The number of likely N-dealkylation sites (tertiary alicyclic amines) is 1. The number of rotatable bonds is 5. The number of ether oxygens (including phenoxy) is 1. The Labute approximate surface area is 188 Å². The van der Waals surface area contributed by atoms with E-state index in [9.17, 15) is 14.4 Å². The van der Waals surface area contributed by atoms with Crippen LogP contribution >= 0.6 is 11.6 Å². The van der Waals surface area contributed by atoms with Crippen LogP contribution in [0.3, 0.4) is 0 Å². The predicted octanol–water partition coefficient (Wildman–Crippen LogP) is 2.36. The second-order valence-electron chi connectivity index (χ2n) is 8.17. The van der Waals surface area contributed by atoms with Crippen LogP contribution in [0.1, 0.15) is 26.2 Å². The number of esters is 1. The number of nitrogens with zero attached hydrogens (tertiary/aromatic N) is 3. The van der Waals surface area contributed by atoms with Crippen molar-refractivity contribution in [3.63, 3.8) is 0 Å². The molecule has 170 valence electrons. The van der Waals surface area contributed by atoms with Gasteiger partial charge in [0, 0.05) is 56.4 Å². The monoisotopic (exact) mass is 450 g/mol. The van der Waals surface area contributed by atoms with Crippen LogP contribution in [0.4, 0.5) is 10.5 Å². The molecule has 1 atom stereocenters. The van der Waals surface area contributed by atoms with Crippen LogP contribution in [0.25, 0.3) is 0 Å². The number of hydrogen-bond acceptors (Lipinski definition) is 5. The molecule has 0 unspecified atom stereocenters. The molecule has 0 aromatic heterocycles. The Balaban J connectivity index is 1.42. The molecular formula is C22H31ClN4O4. The first kappa shape index (κ1) is 23.2. The fourth-order valence-corrected chi connectivity index (χ4v) is 4.31. The van der Waals surface area contributed by atoms with E-state index >= 15 is 0 Å². The van der Waals surface area contributed by atoms with Crippen molar-refractivity contribution in [1.82, 2.24) is 15.1 Å². The highest BCUT2D eigenvalue weighted by Gasteiger charge is 2.29. The molecule has 9 heteroatoms. The van der Waals surface area contributed by atoms with E-state index in [0.29, 0.717) is 50.7 Å². The topological polar surface area (TPSA) is 82.2 Å². The van der Waals surface area contributed by atoms with E-state index in [1.807, 2.05) is 24.3 Å². The molecule has 2 saturated heterocycles. The average molecular weight is 451 g/mol. The van der Waals surface area contributed by atoms with Gasteiger partial charge in [0.2, 0.25) is 5.91 Å². The summed E-state index contributed by atoms with van der Waals surface area (Å²) in [4.78, 5) is 42.5. The van der Waals surface area contributed by atoms with Gasteiger partial charge in [-0.3, -0.25) is 9.59 Å². The second-order valence-corrected chi connectivity index (χ2v) is 8.61. The number of benzene rings is 1. The van der Waals surface area contributed by atoms with Crippen LogP contribution in [-0.2, 0) is 14.3 Å². The maximum absolute atomic E-state index is 12.8. The van der Waals surface area contributed by atoms with Gasteiger partial charge < -0.3 is 24.8 Å². The predicted molar refractivity (Wildman–Crippen MR) is 119 cm³/mol. The van der Waals surface area contributed by atoms with E-state index in [0.717, 1.165) is 18.5 Å². The van der Waals surface area contributed by atoms with Gasteiger partial charge in [0.25, 0.3) is 0 Å². The third kappa shape index (κ3) is 6.26. The highest BCUT2D eigenvalue weighted by Crippen LogP contribution is 2.22. The van der Waals surface area contributed by atoms with E-state index < -0.39 is 6.04 Å². The summed E-state index contributed by atoms with van der Waals surface area (Å²) in [5, 5.41) is 3.54.